The summed E-state index contributed by atoms with van der Waals surface area (Å²) in [5, 5.41) is 10.1. The maximum Gasteiger partial charge on any atom is 0.176 e. The zero-order valence-electron chi connectivity index (χ0n) is 15.7. The van der Waals surface area contributed by atoms with E-state index < -0.39 is 0 Å². The molecule has 1 aliphatic rings. The summed E-state index contributed by atoms with van der Waals surface area (Å²) in [6.07, 6.45) is 4.18. The van der Waals surface area contributed by atoms with Crippen LogP contribution in [0.25, 0.3) is 0 Å². The predicted molar refractivity (Wildman–Crippen MR) is 107 cm³/mol. The fourth-order valence-electron chi connectivity index (χ4n) is 3.68. The van der Waals surface area contributed by atoms with E-state index in [1.54, 1.807) is 23.5 Å². The van der Waals surface area contributed by atoms with Crippen molar-refractivity contribution in [2.24, 2.45) is 5.41 Å². The van der Waals surface area contributed by atoms with E-state index in [1.807, 2.05) is 0 Å². The number of ether oxygens (including phenoxy) is 1. The molecule has 1 N–H and O–H groups in total. The zero-order chi connectivity index (χ0) is 19.1. The number of carbonyl (C=O) groups excluding carboxylic acids is 1. The summed E-state index contributed by atoms with van der Waals surface area (Å²) in [5.41, 5.74) is 3.88. The second kappa shape index (κ2) is 7.24. The first kappa shape index (κ1) is 19.2. The Hall–Kier alpha value is -1.52. The number of fused-ring (bicyclic) bond motifs is 1. The Morgan fingerprint density at radius 2 is 2.08 bits per heavy atom. The van der Waals surface area contributed by atoms with Gasteiger partial charge in [-0.3, -0.25) is 4.79 Å². The Labute approximate surface area is 164 Å². The number of carbonyl (C=O) groups is 1. The lowest BCUT2D eigenvalue weighted by molar-refractivity contribution is 0.0985. The fraction of sp³-hybridized carbons (Fsp3) is 0.476. The molecule has 1 aromatic heterocycles. The number of phenolic OH excluding ortho intramolecular Hbond substituents is 1. The van der Waals surface area contributed by atoms with Gasteiger partial charge in [0.15, 0.2) is 17.3 Å². The summed E-state index contributed by atoms with van der Waals surface area (Å²) in [7, 11) is 1.49. The van der Waals surface area contributed by atoms with Gasteiger partial charge >= 0.3 is 0 Å². The van der Waals surface area contributed by atoms with Crippen molar-refractivity contribution in [3.63, 3.8) is 0 Å². The molecule has 5 heteroatoms. The number of aromatic hydroxyl groups is 1. The second-order valence-electron chi connectivity index (χ2n) is 7.84. The topological polar surface area (TPSA) is 46.5 Å². The molecule has 0 amide bonds. The summed E-state index contributed by atoms with van der Waals surface area (Å²) >= 11 is 7.69. The zero-order valence-corrected chi connectivity index (χ0v) is 17.3. The molecule has 3 nitrogen and oxygen atoms in total. The number of rotatable bonds is 5. The maximum absolute atomic E-state index is 12.9. The fourth-order valence-corrected chi connectivity index (χ4v) is 5.10. The molecule has 0 spiro atoms. The van der Waals surface area contributed by atoms with Gasteiger partial charge in [-0.05, 0) is 66.8 Å². The molecule has 2 aromatic rings. The number of benzene rings is 1. The molecule has 0 bridgehead atoms. The summed E-state index contributed by atoms with van der Waals surface area (Å²) in [4.78, 5) is 15.1. The van der Waals surface area contributed by atoms with Gasteiger partial charge in [0.2, 0.25) is 0 Å². The van der Waals surface area contributed by atoms with Crippen LogP contribution >= 0.6 is 22.9 Å². The number of aryl methyl sites for hydroxylation is 2. The Balaban J connectivity index is 1.77. The lowest BCUT2D eigenvalue weighted by Crippen LogP contribution is -2.22. The molecule has 0 radical (unpaired) electrons. The number of thiophene rings is 1. The summed E-state index contributed by atoms with van der Waals surface area (Å²) in [5.74, 6) is 0.476. The first-order chi connectivity index (χ1) is 12.2. The second-order valence-corrected chi connectivity index (χ2v) is 9.47. The SMILES string of the molecule is COc1cc(CCC(=O)c2sc(C)c3c2CCC(C)(C)C3)cc(Cl)c1O. The lowest BCUT2D eigenvalue weighted by atomic mass is 9.74. The van der Waals surface area contributed by atoms with Gasteiger partial charge < -0.3 is 9.84 Å². The highest BCUT2D eigenvalue weighted by Gasteiger charge is 2.31. The molecular formula is C21H25ClO3S. The average molecular weight is 393 g/mol. The minimum Gasteiger partial charge on any atom is -0.503 e. The van der Waals surface area contributed by atoms with Gasteiger partial charge in [0, 0.05) is 11.3 Å². The van der Waals surface area contributed by atoms with Crippen LogP contribution in [0.2, 0.25) is 5.02 Å². The van der Waals surface area contributed by atoms with E-state index in [-0.39, 0.29) is 16.6 Å². The molecular weight excluding hydrogens is 368 g/mol. The number of halogens is 1. The first-order valence-electron chi connectivity index (χ1n) is 8.91. The normalized spacial score (nSPS) is 15.6. The van der Waals surface area contributed by atoms with Crippen LogP contribution in [-0.2, 0) is 19.3 Å². The molecule has 0 saturated carbocycles. The molecule has 0 unspecified atom stereocenters. The van der Waals surface area contributed by atoms with E-state index in [0.29, 0.717) is 24.0 Å². The van der Waals surface area contributed by atoms with Crippen LogP contribution in [0.5, 0.6) is 11.5 Å². The van der Waals surface area contributed by atoms with Crippen molar-refractivity contribution >= 4 is 28.7 Å². The summed E-state index contributed by atoms with van der Waals surface area (Å²) in [6.45, 7) is 6.74. The third-order valence-electron chi connectivity index (χ3n) is 5.23. The van der Waals surface area contributed by atoms with Crippen molar-refractivity contribution in [2.45, 2.75) is 52.9 Å². The number of hydrogen-bond acceptors (Lipinski definition) is 4. The highest BCUT2D eigenvalue weighted by Crippen LogP contribution is 2.42. The Morgan fingerprint density at radius 3 is 2.77 bits per heavy atom. The van der Waals surface area contributed by atoms with E-state index in [2.05, 4.69) is 20.8 Å². The van der Waals surface area contributed by atoms with Crippen LogP contribution in [-0.4, -0.2) is 18.0 Å². The quantitative estimate of drug-likeness (QED) is 0.658. The number of ketones is 1. The van der Waals surface area contributed by atoms with E-state index in [9.17, 15) is 9.90 Å². The van der Waals surface area contributed by atoms with Gasteiger partial charge in [-0.25, -0.2) is 0 Å². The lowest BCUT2D eigenvalue weighted by Gasteiger charge is -2.30. The van der Waals surface area contributed by atoms with E-state index >= 15 is 0 Å². The van der Waals surface area contributed by atoms with Gasteiger partial charge in [-0.2, -0.15) is 0 Å². The number of methoxy groups -OCH3 is 1. The third-order valence-corrected chi connectivity index (χ3v) is 6.75. The molecule has 3 rings (SSSR count). The Bertz CT molecular complexity index is 851. The largest absolute Gasteiger partial charge is 0.503 e. The molecule has 0 fully saturated rings. The highest BCUT2D eigenvalue weighted by molar-refractivity contribution is 7.14. The molecule has 1 heterocycles. The standard InChI is InChI=1S/C21H25ClO3S/c1-12-15-11-21(2,3)8-7-14(15)20(26-12)17(23)6-5-13-9-16(22)19(24)18(10-13)25-4/h9-10,24H,5-8,11H2,1-4H3. The molecule has 26 heavy (non-hydrogen) atoms. The van der Waals surface area contributed by atoms with Gasteiger partial charge in [0.25, 0.3) is 0 Å². The van der Waals surface area contributed by atoms with Crippen LogP contribution < -0.4 is 4.74 Å². The average Bonchev–Trinajstić information content (AvgIpc) is 2.90. The number of hydrogen-bond donors (Lipinski definition) is 1. The van der Waals surface area contributed by atoms with Crippen molar-refractivity contribution in [2.75, 3.05) is 7.11 Å². The molecule has 0 atom stereocenters. The molecule has 0 aliphatic heterocycles. The van der Waals surface area contributed by atoms with Crippen LogP contribution in [0.4, 0.5) is 0 Å². The minimum atomic E-state index is -0.0604. The smallest absolute Gasteiger partial charge is 0.176 e. The molecule has 1 aromatic carbocycles. The van der Waals surface area contributed by atoms with Crippen molar-refractivity contribution in [3.8, 4) is 11.5 Å². The van der Waals surface area contributed by atoms with Crippen molar-refractivity contribution < 1.29 is 14.6 Å². The third kappa shape index (κ3) is 3.77. The van der Waals surface area contributed by atoms with Crippen LogP contribution in [0, 0.1) is 12.3 Å². The Kier molecular flexibility index (Phi) is 5.36. The van der Waals surface area contributed by atoms with Crippen molar-refractivity contribution in [1.82, 2.24) is 0 Å². The highest BCUT2D eigenvalue weighted by atomic mass is 35.5. The van der Waals surface area contributed by atoms with E-state index in [4.69, 9.17) is 16.3 Å². The Morgan fingerprint density at radius 1 is 1.35 bits per heavy atom. The predicted octanol–water partition coefficient (Wildman–Crippen LogP) is 5.75. The molecule has 0 saturated heterocycles. The number of Topliss-reactive ketones (excluding diaryl/α,β-unsaturated/α-hetero) is 1. The molecule has 1 aliphatic carbocycles. The minimum absolute atomic E-state index is 0.0604. The maximum atomic E-state index is 12.9. The van der Waals surface area contributed by atoms with Crippen molar-refractivity contribution in [1.29, 1.82) is 0 Å². The summed E-state index contributed by atoms with van der Waals surface area (Å²) in [6, 6.07) is 3.44. The first-order valence-corrected chi connectivity index (χ1v) is 10.1. The van der Waals surface area contributed by atoms with E-state index in [0.717, 1.165) is 29.7 Å². The van der Waals surface area contributed by atoms with Gasteiger partial charge in [0.1, 0.15) is 0 Å². The number of phenols is 1. The van der Waals surface area contributed by atoms with Crippen LogP contribution in [0.3, 0.4) is 0 Å². The summed E-state index contributed by atoms with van der Waals surface area (Å²) < 4.78 is 5.14. The van der Waals surface area contributed by atoms with Crippen molar-refractivity contribution in [3.05, 3.63) is 43.6 Å². The van der Waals surface area contributed by atoms with Crippen LogP contribution in [0.15, 0.2) is 12.1 Å². The van der Waals surface area contributed by atoms with Gasteiger partial charge in [-0.15, -0.1) is 11.3 Å². The van der Waals surface area contributed by atoms with Crippen LogP contribution in [0.1, 0.15) is 57.9 Å². The van der Waals surface area contributed by atoms with Gasteiger partial charge in [-0.1, -0.05) is 25.4 Å². The van der Waals surface area contributed by atoms with E-state index in [1.165, 1.54) is 23.1 Å². The molecule has 140 valence electrons. The van der Waals surface area contributed by atoms with Gasteiger partial charge in [0.05, 0.1) is 17.0 Å². The monoisotopic (exact) mass is 392 g/mol.